The van der Waals surface area contributed by atoms with Crippen LogP contribution in [-0.2, 0) is 35.2 Å². The van der Waals surface area contributed by atoms with Gasteiger partial charge in [0.05, 0.1) is 36.3 Å². The van der Waals surface area contributed by atoms with Crippen LogP contribution in [0.3, 0.4) is 0 Å². The van der Waals surface area contributed by atoms with Crippen molar-refractivity contribution in [3.63, 3.8) is 0 Å². The van der Waals surface area contributed by atoms with Gasteiger partial charge in [-0.05, 0) is 41.2 Å². The number of benzene rings is 2. The van der Waals surface area contributed by atoms with Crippen LogP contribution >= 0.6 is 23.5 Å². The third-order valence-corrected chi connectivity index (χ3v) is 6.97. The molecule has 0 aromatic heterocycles. The third kappa shape index (κ3) is 5.98. The minimum absolute atomic E-state index is 0.109. The van der Waals surface area contributed by atoms with E-state index in [4.69, 9.17) is 0 Å². The molecule has 2 aliphatic heterocycles. The molecule has 2 aromatic rings. The van der Waals surface area contributed by atoms with E-state index in [-0.39, 0.29) is 26.7 Å². The second-order valence-corrected chi connectivity index (χ2v) is 9.40. The number of para-hydroxylation sites is 1. The van der Waals surface area contributed by atoms with Crippen LogP contribution in [-0.4, -0.2) is 53.2 Å². The standard InChI is InChI=1S/C25H20N4O6S2/c1-34-20(30)13-18-22(32)28(15-16-9-5-3-6-10-16)24(36-18)26-27-25-29(17-11-7-4-8-12-17)23(33)19(37-25)14-21(31)35-2/h3-14H,15H2,1-2H3/b18-13+,19-14-,26-24-,27-25+. The molecule has 2 heterocycles. The van der Waals surface area contributed by atoms with Crippen LogP contribution in [0, 0.1) is 0 Å². The Bertz CT molecular complexity index is 1360. The van der Waals surface area contributed by atoms with E-state index in [0.29, 0.717) is 5.69 Å². The zero-order valence-corrected chi connectivity index (χ0v) is 21.3. The van der Waals surface area contributed by atoms with Crippen molar-refractivity contribution >= 4 is 63.3 Å². The zero-order valence-electron chi connectivity index (χ0n) is 19.7. The monoisotopic (exact) mass is 536 g/mol. The molecule has 10 nitrogen and oxygen atoms in total. The van der Waals surface area contributed by atoms with Crippen LogP contribution in [0.4, 0.5) is 5.69 Å². The molecule has 0 aliphatic carbocycles. The number of carbonyl (C=O) groups is 4. The summed E-state index contributed by atoms with van der Waals surface area (Å²) < 4.78 is 9.31. The van der Waals surface area contributed by atoms with Gasteiger partial charge in [-0.15, -0.1) is 10.2 Å². The van der Waals surface area contributed by atoms with Crippen LogP contribution in [0.5, 0.6) is 0 Å². The van der Waals surface area contributed by atoms with Gasteiger partial charge in [-0.25, -0.2) is 9.59 Å². The van der Waals surface area contributed by atoms with E-state index in [1.54, 1.807) is 30.3 Å². The topological polar surface area (TPSA) is 118 Å². The van der Waals surface area contributed by atoms with E-state index in [0.717, 1.165) is 41.2 Å². The molecule has 37 heavy (non-hydrogen) atoms. The van der Waals surface area contributed by atoms with Crippen molar-refractivity contribution in [3.05, 3.63) is 88.2 Å². The number of hydrogen-bond acceptors (Lipinski definition) is 10. The molecule has 12 heteroatoms. The summed E-state index contributed by atoms with van der Waals surface area (Å²) in [4.78, 5) is 52.7. The highest BCUT2D eigenvalue weighted by Gasteiger charge is 2.37. The van der Waals surface area contributed by atoms with Gasteiger partial charge in [0.25, 0.3) is 11.8 Å². The molecule has 188 valence electrons. The number of anilines is 1. The Morgan fingerprint density at radius 3 is 1.89 bits per heavy atom. The summed E-state index contributed by atoms with van der Waals surface area (Å²) in [6.07, 6.45) is 2.19. The normalized spacial score (nSPS) is 19.9. The summed E-state index contributed by atoms with van der Waals surface area (Å²) in [6, 6.07) is 18.0. The fourth-order valence-corrected chi connectivity index (χ4v) is 5.03. The van der Waals surface area contributed by atoms with Crippen molar-refractivity contribution in [2.75, 3.05) is 19.1 Å². The number of esters is 2. The Morgan fingerprint density at radius 2 is 1.30 bits per heavy atom. The lowest BCUT2D eigenvalue weighted by molar-refractivity contribution is -0.135. The minimum Gasteiger partial charge on any atom is -0.466 e. The van der Waals surface area contributed by atoms with E-state index >= 15 is 0 Å². The summed E-state index contributed by atoms with van der Waals surface area (Å²) in [7, 11) is 2.44. The number of rotatable bonds is 6. The van der Waals surface area contributed by atoms with Gasteiger partial charge in [-0.3, -0.25) is 19.4 Å². The highest BCUT2D eigenvalue weighted by atomic mass is 32.2. The Morgan fingerprint density at radius 1 is 0.784 bits per heavy atom. The number of nitrogens with zero attached hydrogens (tertiary/aromatic N) is 4. The largest absolute Gasteiger partial charge is 0.466 e. The molecule has 0 atom stereocenters. The number of hydrogen-bond donors (Lipinski definition) is 0. The van der Waals surface area contributed by atoms with Crippen molar-refractivity contribution in [1.82, 2.24) is 4.90 Å². The number of thioether (sulfide) groups is 2. The molecule has 0 radical (unpaired) electrons. The smallest absolute Gasteiger partial charge is 0.331 e. The lowest BCUT2D eigenvalue weighted by atomic mass is 10.2. The van der Waals surface area contributed by atoms with Crippen LogP contribution in [0.2, 0.25) is 0 Å². The zero-order chi connectivity index (χ0) is 26.4. The molecule has 4 rings (SSSR count). The summed E-state index contributed by atoms with van der Waals surface area (Å²) in [5.74, 6) is -2.25. The minimum atomic E-state index is -0.681. The predicted octanol–water partition coefficient (Wildman–Crippen LogP) is 3.28. The highest BCUT2D eigenvalue weighted by molar-refractivity contribution is 8.19. The summed E-state index contributed by atoms with van der Waals surface area (Å²) in [5.41, 5.74) is 1.37. The number of amidine groups is 2. The van der Waals surface area contributed by atoms with Gasteiger partial charge in [-0.1, -0.05) is 48.5 Å². The van der Waals surface area contributed by atoms with Crippen molar-refractivity contribution in [2.45, 2.75) is 6.54 Å². The molecular formula is C25H20N4O6S2. The maximum absolute atomic E-state index is 13.1. The van der Waals surface area contributed by atoms with Gasteiger partial charge in [0, 0.05) is 12.2 Å². The summed E-state index contributed by atoms with van der Waals surface area (Å²) in [5, 5.41) is 8.95. The van der Waals surface area contributed by atoms with E-state index in [2.05, 4.69) is 19.7 Å². The van der Waals surface area contributed by atoms with E-state index < -0.39 is 23.8 Å². The fourth-order valence-electron chi connectivity index (χ4n) is 3.25. The highest BCUT2D eigenvalue weighted by Crippen LogP contribution is 2.36. The molecule has 2 saturated heterocycles. The molecule has 0 bridgehead atoms. The first kappa shape index (κ1) is 25.9. The second-order valence-electron chi connectivity index (χ2n) is 7.39. The average Bonchev–Trinajstić information content (AvgIpc) is 3.38. The first-order valence-electron chi connectivity index (χ1n) is 10.8. The fraction of sp³-hybridized carbons (Fsp3) is 0.120. The summed E-state index contributed by atoms with van der Waals surface area (Å²) >= 11 is 1.91. The quantitative estimate of drug-likeness (QED) is 0.314. The van der Waals surface area contributed by atoms with Crippen molar-refractivity contribution in [2.24, 2.45) is 10.2 Å². The molecule has 0 unspecified atom stereocenters. The van der Waals surface area contributed by atoms with Gasteiger partial charge < -0.3 is 9.47 Å². The molecule has 0 saturated carbocycles. The molecule has 2 aromatic carbocycles. The number of methoxy groups -OCH3 is 2. The van der Waals surface area contributed by atoms with Gasteiger partial charge in [0.2, 0.25) is 5.17 Å². The second kappa shape index (κ2) is 11.7. The first-order valence-corrected chi connectivity index (χ1v) is 12.4. The van der Waals surface area contributed by atoms with Crippen LogP contribution in [0.1, 0.15) is 5.56 Å². The Kier molecular flexibility index (Phi) is 8.21. The lowest BCUT2D eigenvalue weighted by Gasteiger charge is -2.16. The Hall–Kier alpha value is -4.16. The Balaban J connectivity index is 1.73. The van der Waals surface area contributed by atoms with Gasteiger partial charge in [0.15, 0.2) is 5.17 Å². The van der Waals surface area contributed by atoms with E-state index in [9.17, 15) is 19.2 Å². The SMILES string of the molecule is COC(=O)/C=C1\S/C(=N/N=C2\S/C(=C/C(=O)OC)C(=O)N2Cc2ccccc2)N(c2ccccc2)C1=O. The number of ether oxygens (including phenoxy) is 2. The van der Waals surface area contributed by atoms with Crippen molar-refractivity contribution in [3.8, 4) is 0 Å². The van der Waals surface area contributed by atoms with E-state index in [1.165, 1.54) is 24.0 Å². The molecule has 0 N–H and O–H groups in total. The predicted molar refractivity (Wildman–Crippen MR) is 141 cm³/mol. The van der Waals surface area contributed by atoms with E-state index in [1.807, 2.05) is 30.3 Å². The molecule has 2 amide bonds. The van der Waals surface area contributed by atoms with Crippen LogP contribution in [0.15, 0.2) is 92.8 Å². The van der Waals surface area contributed by atoms with Crippen molar-refractivity contribution < 1.29 is 28.7 Å². The molecule has 2 aliphatic rings. The Labute approximate surface area is 220 Å². The number of carbonyl (C=O) groups excluding carboxylic acids is 4. The van der Waals surface area contributed by atoms with Gasteiger partial charge in [-0.2, -0.15) is 0 Å². The van der Waals surface area contributed by atoms with Gasteiger partial charge >= 0.3 is 11.9 Å². The van der Waals surface area contributed by atoms with Crippen LogP contribution < -0.4 is 4.90 Å². The van der Waals surface area contributed by atoms with Crippen LogP contribution in [0.25, 0.3) is 0 Å². The third-order valence-electron chi connectivity index (χ3n) is 5.01. The average molecular weight is 537 g/mol. The molecule has 0 spiro atoms. The molecular weight excluding hydrogens is 516 g/mol. The first-order chi connectivity index (χ1) is 17.9. The lowest BCUT2D eigenvalue weighted by Crippen LogP contribution is -2.30. The van der Waals surface area contributed by atoms with Gasteiger partial charge in [0.1, 0.15) is 0 Å². The maximum Gasteiger partial charge on any atom is 0.331 e. The number of amides is 2. The maximum atomic E-state index is 13.1. The van der Waals surface area contributed by atoms with Crippen molar-refractivity contribution in [1.29, 1.82) is 0 Å². The summed E-state index contributed by atoms with van der Waals surface area (Å²) in [6.45, 7) is 0.191. The molecule has 2 fully saturated rings.